The lowest BCUT2D eigenvalue weighted by molar-refractivity contribution is 0.401. The van der Waals surface area contributed by atoms with Crippen LogP contribution in [0, 0.1) is 5.92 Å². The van der Waals surface area contributed by atoms with Crippen LogP contribution in [0.4, 0.5) is 0 Å². The standard InChI is InChI=1S/C28H51N/c1-5-9-13-18-25(19-14-10-6-2)24-28-27(22-17-23-29-28)26(20-15-11-7-3)21-16-12-8-4/h17,22-23,25-26H,5-16,18-21,24H2,1-4H3. The van der Waals surface area contributed by atoms with Gasteiger partial charge >= 0.3 is 0 Å². The van der Waals surface area contributed by atoms with Crippen LogP contribution in [-0.2, 0) is 6.42 Å². The van der Waals surface area contributed by atoms with Gasteiger partial charge in [0.05, 0.1) is 0 Å². The summed E-state index contributed by atoms with van der Waals surface area (Å²) in [5.41, 5.74) is 3.03. The molecule has 29 heavy (non-hydrogen) atoms. The molecule has 0 atom stereocenters. The molecular weight excluding hydrogens is 350 g/mol. The SMILES string of the molecule is CCCCCC(CCCCC)Cc1ncccc1C(CCCCC)CCCCC. The van der Waals surface area contributed by atoms with E-state index in [0.29, 0.717) is 0 Å². The maximum Gasteiger partial charge on any atom is 0.0441 e. The first-order chi connectivity index (χ1) is 14.3. The summed E-state index contributed by atoms with van der Waals surface area (Å²) >= 11 is 0. The molecule has 0 aliphatic rings. The molecule has 1 nitrogen and oxygen atoms in total. The molecular formula is C28H51N. The van der Waals surface area contributed by atoms with E-state index in [1.54, 1.807) is 5.56 Å². The summed E-state index contributed by atoms with van der Waals surface area (Å²) in [4.78, 5) is 4.95. The van der Waals surface area contributed by atoms with Gasteiger partial charge in [0.25, 0.3) is 0 Å². The average molecular weight is 402 g/mol. The second kappa shape index (κ2) is 18.0. The van der Waals surface area contributed by atoms with Crippen molar-refractivity contribution in [3.05, 3.63) is 29.6 Å². The van der Waals surface area contributed by atoms with Crippen molar-refractivity contribution in [3.63, 3.8) is 0 Å². The third-order valence-electron chi connectivity index (χ3n) is 6.59. The van der Waals surface area contributed by atoms with Crippen LogP contribution in [-0.4, -0.2) is 4.98 Å². The summed E-state index contributed by atoms with van der Waals surface area (Å²) in [6, 6.07) is 4.61. The number of rotatable bonds is 19. The molecule has 1 aromatic rings. The van der Waals surface area contributed by atoms with Gasteiger partial charge in [-0.2, -0.15) is 0 Å². The van der Waals surface area contributed by atoms with Crippen LogP contribution in [0.1, 0.15) is 148 Å². The molecule has 0 aromatic carbocycles. The Kier molecular flexibility index (Phi) is 16.2. The van der Waals surface area contributed by atoms with Gasteiger partial charge in [-0.3, -0.25) is 4.98 Å². The average Bonchev–Trinajstić information content (AvgIpc) is 2.73. The predicted octanol–water partition coefficient (Wildman–Crippen LogP) is 9.65. The molecule has 1 heterocycles. The van der Waals surface area contributed by atoms with Gasteiger partial charge in [-0.1, -0.05) is 124 Å². The number of nitrogens with zero attached hydrogens (tertiary/aromatic N) is 1. The Morgan fingerprint density at radius 3 is 1.62 bits per heavy atom. The minimum Gasteiger partial charge on any atom is -0.261 e. The van der Waals surface area contributed by atoms with E-state index < -0.39 is 0 Å². The van der Waals surface area contributed by atoms with E-state index in [-0.39, 0.29) is 0 Å². The second-order valence-corrected chi connectivity index (χ2v) is 9.29. The quantitative estimate of drug-likeness (QED) is 0.210. The molecule has 0 spiro atoms. The fraction of sp³-hybridized carbons (Fsp3) is 0.821. The highest BCUT2D eigenvalue weighted by atomic mass is 14.7. The molecule has 0 saturated carbocycles. The first-order valence-corrected chi connectivity index (χ1v) is 13.2. The highest BCUT2D eigenvalue weighted by Crippen LogP contribution is 2.32. The number of pyridine rings is 1. The minimum atomic E-state index is 0.726. The lowest BCUT2D eigenvalue weighted by atomic mass is 9.83. The minimum absolute atomic E-state index is 0.726. The molecule has 0 amide bonds. The topological polar surface area (TPSA) is 12.9 Å². The van der Waals surface area contributed by atoms with Crippen molar-refractivity contribution in [1.29, 1.82) is 0 Å². The van der Waals surface area contributed by atoms with Crippen LogP contribution in [0.5, 0.6) is 0 Å². The van der Waals surface area contributed by atoms with E-state index in [9.17, 15) is 0 Å². The summed E-state index contributed by atoms with van der Waals surface area (Å²) in [6.45, 7) is 9.28. The lowest BCUT2D eigenvalue weighted by Gasteiger charge is -2.23. The molecule has 0 radical (unpaired) electrons. The van der Waals surface area contributed by atoms with Crippen molar-refractivity contribution < 1.29 is 0 Å². The zero-order valence-electron chi connectivity index (χ0n) is 20.4. The van der Waals surface area contributed by atoms with Gasteiger partial charge in [0.1, 0.15) is 0 Å². The summed E-state index contributed by atoms with van der Waals surface area (Å²) in [6.07, 6.45) is 25.1. The maximum absolute atomic E-state index is 4.95. The molecule has 0 unspecified atom stereocenters. The Bertz CT molecular complexity index is 461. The molecule has 0 fully saturated rings. The van der Waals surface area contributed by atoms with E-state index in [1.807, 2.05) is 6.20 Å². The van der Waals surface area contributed by atoms with Crippen LogP contribution < -0.4 is 0 Å². The summed E-state index contributed by atoms with van der Waals surface area (Å²) in [5.74, 6) is 1.55. The van der Waals surface area contributed by atoms with Crippen molar-refractivity contribution in [3.8, 4) is 0 Å². The zero-order chi connectivity index (χ0) is 21.2. The number of hydrogen-bond acceptors (Lipinski definition) is 1. The first kappa shape index (κ1) is 26.2. The van der Waals surface area contributed by atoms with Crippen molar-refractivity contribution in [2.75, 3.05) is 0 Å². The van der Waals surface area contributed by atoms with E-state index in [4.69, 9.17) is 4.98 Å². The van der Waals surface area contributed by atoms with Crippen LogP contribution >= 0.6 is 0 Å². The first-order valence-electron chi connectivity index (χ1n) is 13.2. The van der Waals surface area contributed by atoms with Gasteiger partial charge in [-0.15, -0.1) is 0 Å². The fourth-order valence-corrected chi connectivity index (χ4v) is 4.72. The van der Waals surface area contributed by atoms with E-state index >= 15 is 0 Å². The summed E-state index contributed by atoms with van der Waals surface area (Å²) in [7, 11) is 0. The third-order valence-corrected chi connectivity index (χ3v) is 6.59. The Morgan fingerprint density at radius 2 is 1.14 bits per heavy atom. The number of aromatic nitrogens is 1. The Hall–Kier alpha value is -0.850. The molecule has 168 valence electrons. The van der Waals surface area contributed by atoms with E-state index in [0.717, 1.165) is 11.8 Å². The van der Waals surface area contributed by atoms with Crippen LogP contribution in [0.25, 0.3) is 0 Å². The molecule has 1 rings (SSSR count). The Labute approximate surface area is 183 Å². The smallest absolute Gasteiger partial charge is 0.0441 e. The van der Waals surface area contributed by atoms with Crippen LogP contribution in [0.2, 0.25) is 0 Å². The van der Waals surface area contributed by atoms with Crippen LogP contribution in [0.3, 0.4) is 0 Å². The molecule has 1 aromatic heterocycles. The number of unbranched alkanes of at least 4 members (excludes halogenated alkanes) is 8. The van der Waals surface area contributed by atoms with Crippen LogP contribution in [0.15, 0.2) is 18.3 Å². The van der Waals surface area contributed by atoms with E-state index in [2.05, 4.69) is 39.8 Å². The normalized spacial score (nSPS) is 11.7. The summed E-state index contributed by atoms with van der Waals surface area (Å²) in [5, 5.41) is 0. The maximum atomic E-state index is 4.95. The predicted molar refractivity (Wildman–Crippen MR) is 131 cm³/mol. The summed E-state index contributed by atoms with van der Waals surface area (Å²) < 4.78 is 0. The molecule has 0 aliphatic heterocycles. The Morgan fingerprint density at radius 1 is 0.655 bits per heavy atom. The molecule has 0 aliphatic carbocycles. The fourth-order valence-electron chi connectivity index (χ4n) is 4.72. The van der Waals surface area contributed by atoms with Crippen molar-refractivity contribution in [2.45, 2.75) is 143 Å². The molecule has 0 bridgehead atoms. The van der Waals surface area contributed by atoms with Gasteiger partial charge in [0.15, 0.2) is 0 Å². The van der Waals surface area contributed by atoms with Crippen molar-refractivity contribution >= 4 is 0 Å². The van der Waals surface area contributed by atoms with Gasteiger partial charge in [-0.25, -0.2) is 0 Å². The molecule has 1 heteroatoms. The highest BCUT2D eigenvalue weighted by Gasteiger charge is 2.19. The van der Waals surface area contributed by atoms with Crippen molar-refractivity contribution in [1.82, 2.24) is 4.98 Å². The van der Waals surface area contributed by atoms with Crippen molar-refractivity contribution in [2.24, 2.45) is 5.92 Å². The van der Waals surface area contributed by atoms with Gasteiger partial charge in [0, 0.05) is 11.9 Å². The number of hydrogen-bond donors (Lipinski definition) is 0. The van der Waals surface area contributed by atoms with Gasteiger partial charge in [-0.05, 0) is 42.7 Å². The van der Waals surface area contributed by atoms with E-state index in [1.165, 1.54) is 115 Å². The van der Waals surface area contributed by atoms with Gasteiger partial charge < -0.3 is 0 Å². The third kappa shape index (κ3) is 11.8. The largest absolute Gasteiger partial charge is 0.261 e. The second-order valence-electron chi connectivity index (χ2n) is 9.29. The zero-order valence-corrected chi connectivity index (χ0v) is 20.4. The highest BCUT2D eigenvalue weighted by molar-refractivity contribution is 5.25. The molecule has 0 saturated heterocycles. The monoisotopic (exact) mass is 401 g/mol. The lowest BCUT2D eigenvalue weighted by Crippen LogP contribution is -2.11. The Balaban J connectivity index is 2.87. The molecule has 0 N–H and O–H groups in total. The van der Waals surface area contributed by atoms with Gasteiger partial charge in [0.2, 0.25) is 0 Å².